The van der Waals surface area contributed by atoms with Crippen molar-refractivity contribution < 1.29 is 29.2 Å². The van der Waals surface area contributed by atoms with E-state index in [2.05, 4.69) is 9.98 Å². The number of pyridine rings is 1. The van der Waals surface area contributed by atoms with Crippen molar-refractivity contribution in [2.45, 2.75) is 40.2 Å². The predicted molar refractivity (Wildman–Crippen MR) is 122 cm³/mol. The highest BCUT2D eigenvalue weighted by Crippen LogP contribution is 2.47. The minimum Gasteiger partial charge on any atom is -0.481 e. The number of aliphatic carboxylic acids is 1. The molecule has 1 aromatic heterocycles. The fourth-order valence-electron chi connectivity index (χ4n) is 3.20. The molecule has 2 rings (SSSR count). The van der Waals surface area contributed by atoms with E-state index in [0.29, 0.717) is 16.9 Å². The summed E-state index contributed by atoms with van der Waals surface area (Å²) >= 11 is 0. The zero-order valence-corrected chi connectivity index (χ0v) is 19.3. The molecule has 5 N–H and O–H groups in total. The number of anilines is 1. The van der Waals surface area contributed by atoms with E-state index in [9.17, 15) is 24.5 Å². The minimum absolute atomic E-state index is 0.00639. The molecule has 2 aromatic rings. The van der Waals surface area contributed by atoms with Crippen LogP contribution in [0, 0.1) is 18.8 Å². The van der Waals surface area contributed by atoms with E-state index >= 15 is 0 Å². The van der Waals surface area contributed by atoms with Gasteiger partial charge in [-0.2, -0.15) is 0 Å². The van der Waals surface area contributed by atoms with Crippen molar-refractivity contribution in [3.05, 3.63) is 59.3 Å². The third kappa shape index (κ3) is 7.53. The Balaban J connectivity index is 2.16. The van der Waals surface area contributed by atoms with Crippen molar-refractivity contribution in [1.29, 1.82) is 0 Å². The summed E-state index contributed by atoms with van der Waals surface area (Å²) in [6.07, 6.45) is -0.722. The fraction of sp³-hybridized carbons (Fsp3) is 0.409. The Morgan fingerprint density at radius 1 is 1.25 bits per heavy atom. The van der Waals surface area contributed by atoms with Gasteiger partial charge in [0.05, 0.1) is 12.5 Å². The van der Waals surface area contributed by atoms with E-state index in [1.807, 2.05) is 30.3 Å². The van der Waals surface area contributed by atoms with Crippen LogP contribution in [0.4, 0.5) is 5.82 Å². The van der Waals surface area contributed by atoms with E-state index in [0.717, 1.165) is 5.56 Å². The second-order valence-corrected chi connectivity index (χ2v) is 10.2. The Kier molecular flexibility index (Phi) is 9.09. The number of aromatic nitrogens is 1. The van der Waals surface area contributed by atoms with Crippen LogP contribution in [-0.4, -0.2) is 44.1 Å². The molecule has 174 valence electrons. The number of nitrogen functional groups attached to an aromatic ring is 1. The number of hydrogen-bond acceptors (Lipinski definition) is 7. The van der Waals surface area contributed by atoms with Crippen LogP contribution in [0.3, 0.4) is 0 Å². The summed E-state index contributed by atoms with van der Waals surface area (Å²) in [5.74, 6) is -2.53. The van der Waals surface area contributed by atoms with Gasteiger partial charge in [-0.1, -0.05) is 50.2 Å². The number of rotatable bonds is 11. The molecule has 9 nitrogen and oxygen atoms in total. The van der Waals surface area contributed by atoms with E-state index < -0.39 is 37.7 Å². The maximum Gasteiger partial charge on any atom is 0.307 e. The number of carboxylic acid groups (broad SMARTS) is 1. The third-order valence-corrected chi connectivity index (χ3v) is 7.12. The van der Waals surface area contributed by atoms with Crippen molar-refractivity contribution in [2.24, 2.45) is 16.8 Å². The number of ether oxygens (including phenoxy) is 1. The highest BCUT2D eigenvalue weighted by Gasteiger charge is 2.35. The average molecular weight is 463 g/mol. The molecule has 3 atom stereocenters. The molecule has 0 aliphatic carbocycles. The number of aryl methyl sites for hydroxylation is 1. The molecule has 0 radical (unpaired) electrons. The predicted octanol–water partition coefficient (Wildman–Crippen LogP) is 3.03. The van der Waals surface area contributed by atoms with E-state index in [1.54, 1.807) is 26.8 Å². The summed E-state index contributed by atoms with van der Waals surface area (Å²) in [4.78, 5) is 30.5. The molecule has 3 unspecified atom stereocenters. The van der Waals surface area contributed by atoms with E-state index in [-0.39, 0.29) is 18.5 Å². The molecule has 1 aromatic carbocycles. The standard InChI is InChI=1S/C22H30N3O6P/c1-14(2)20(25-22(28)31-12-16-7-5-4-6-8-16)32(29,30)13-18(21(26)27)10-17-9-15(3)19(23)24-11-17/h4-9,11,14,18,22,28H,10,12-13H2,1-3H3,(H2,23,24)(H,26,27)(H,29,30). The lowest BCUT2D eigenvalue weighted by Crippen LogP contribution is -2.25. The van der Waals surface area contributed by atoms with Gasteiger partial charge < -0.3 is 25.6 Å². The Morgan fingerprint density at radius 2 is 1.91 bits per heavy atom. The van der Waals surface area contributed by atoms with Crippen LogP contribution in [0.25, 0.3) is 0 Å². The highest BCUT2D eigenvalue weighted by atomic mass is 31.2. The molecular weight excluding hydrogens is 433 g/mol. The Bertz CT molecular complexity index is 996. The van der Waals surface area contributed by atoms with Gasteiger partial charge in [0.2, 0.25) is 7.37 Å². The second kappa shape index (κ2) is 11.3. The van der Waals surface area contributed by atoms with Crippen molar-refractivity contribution >= 4 is 24.6 Å². The number of carbonyl (C=O) groups is 1. The number of nitrogens with zero attached hydrogens (tertiary/aromatic N) is 2. The number of aliphatic hydroxyl groups excluding tert-OH is 1. The lowest BCUT2D eigenvalue weighted by Gasteiger charge is -2.22. The first-order valence-electron chi connectivity index (χ1n) is 10.2. The first kappa shape index (κ1) is 25.7. The molecule has 0 saturated carbocycles. The summed E-state index contributed by atoms with van der Waals surface area (Å²) in [6, 6.07) is 10.8. The molecule has 0 aliphatic rings. The zero-order valence-electron chi connectivity index (χ0n) is 18.4. The van der Waals surface area contributed by atoms with Gasteiger partial charge in [0.1, 0.15) is 11.3 Å². The number of aliphatic hydroxyl groups is 1. The summed E-state index contributed by atoms with van der Waals surface area (Å²) < 4.78 is 18.4. The van der Waals surface area contributed by atoms with Gasteiger partial charge in [0.25, 0.3) is 6.41 Å². The Hall–Kier alpha value is -2.58. The normalized spacial score (nSPS) is 15.9. The third-order valence-electron chi connectivity index (χ3n) is 4.83. The van der Waals surface area contributed by atoms with Gasteiger partial charge >= 0.3 is 5.97 Å². The minimum atomic E-state index is -4.19. The van der Waals surface area contributed by atoms with Gasteiger partial charge in [0.15, 0.2) is 0 Å². The summed E-state index contributed by atoms with van der Waals surface area (Å²) in [6.45, 7) is 5.11. The molecule has 32 heavy (non-hydrogen) atoms. The van der Waals surface area contributed by atoms with Gasteiger partial charge in [-0.05, 0) is 30.0 Å². The number of nitrogens with two attached hydrogens (primary N) is 1. The number of aliphatic imine (C=N–C) groups is 1. The maximum atomic E-state index is 13.2. The van der Waals surface area contributed by atoms with Crippen molar-refractivity contribution in [1.82, 2.24) is 4.98 Å². The average Bonchev–Trinajstić information content (AvgIpc) is 2.72. The van der Waals surface area contributed by atoms with E-state index in [4.69, 9.17) is 10.5 Å². The fourth-order valence-corrected chi connectivity index (χ4v) is 5.36. The van der Waals surface area contributed by atoms with Gasteiger partial charge in [0, 0.05) is 18.3 Å². The molecule has 0 saturated heterocycles. The van der Waals surface area contributed by atoms with Crippen molar-refractivity contribution in [3.8, 4) is 0 Å². The van der Waals surface area contributed by atoms with Gasteiger partial charge in [-0.15, -0.1) is 0 Å². The molecular formula is C22H30N3O6P. The van der Waals surface area contributed by atoms with Crippen LogP contribution in [0.1, 0.15) is 30.5 Å². The van der Waals surface area contributed by atoms with E-state index in [1.165, 1.54) is 6.20 Å². The summed E-state index contributed by atoms with van der Waals surface area (Å²) in [7, 11) is -4.19. The number of hydrogen-bond donors (Lipinski definition) is 4. The van der Waals surface area contributed by atoms with Crippen LogP contribution >= 0.6 is 7.37 Å². The second-order valence-electron chi connectivity index (χ2n) is 7.93. The molecule has 1 heterocycles. The summed E-state index contributed by atoms with van der Waals surface area (Å²) in [5, 5.41) is 19.8. The molecule has 0 amide bonds. The van der Waals surface area contributed by atoms with Gasteiger partial charge in [-0.25, -0.2) is 9.98 Å². The zero-order chi connectivity index (χ0) is 23.9. The number of benzene rings is 1. The monoisotopic (exact) mass is 463 g/mol. The highest BCUT2D eigenvalue weighted by molar-refractivity contribution is 7.75. The Morgan fingerprint density at radius 3 is 2.47 bits per heavy atom. The van der Waals surface area contributed by atoms with Crippen LogP contribution in [-0.2, 0) is 27.1 Å². The lowest BCUT2D eigenvalue weighted by molar-refractivity contribution is -0.140. The lowest BCUT2D eigenvalue weighted by atomic mass is 10.0. The van der Waals surface area contributed by atoms with Crippen LogP contribution in [0.2, 0.25) is 0 Å². The van der Waals surface area contributed by atoms with Crippen molar-refractivity contribution in [2.75, 3.05) is 11.9 Å². The SMILES string of the molecule is Cc1cc(CC(CP(=O)(O)C(=NC(O)OCc2ccccc2)C(C)C)C(=O)O)cnc1N. The van der Waals surface area contributed by atoms with Crippen molar-refractivity contribution in [3.63, 3.8) is 0 Å². The van der Waals surface area contributed by atoms with Crippen LogP contribution in [0.5, 0.6) is 0 Å². The molecule has 0 fully saturated rings. The summed E-state index contributed by atoms with van der Waals surface area (Å²) in [5.41, 5.74) is 7.62. The molecule has 0 bridgehead atoms. The first-order valence-corrected chi connectivity index (χ1v) is 12.0. The smallest absolute Gasteiger partial charge is 0.307 e. The topological polar surface area (TPSA) is 155 Å². The quantitative estimate of drug-likeness (QED) is 0.225. The number of carboxylic acids is 1. The molecule has 0 aliphatic heterocycles. The largest absolute Gasteiger partial charge is 0.481 e. The molecule has 10 heteroatoms. The Labute approximate surface area is 187 Å². The van der Waals surface area contributed by atoms with Crippen LogP contribution < -0.4 is 5.73 Å². The van der Waals surface area contributed by atoms with Crippen LogP contribution in [0.15, 0.2) is 47.6 Å². The van der Waals surface area contributed by atoms with Gasteiger partial charge in [-0.3, -0.25) is 9.36 Å². The molecule has 0 spiro atoms. The first-order chi connectivity index (χ1) is 15.0. The maximum absolute atomic E-state index is 13.2.